The Morgan fingerprint density at radius 2 is 2.00 bits per heavy atom. The van der Waals surface area contributed by atoms with Crippen molar-refractivity contribution in [1.29, 1.82) is 0 Å². The summed E-state index contributed by atoms with van der Waals surface area (Å²) >= 11 is 0. The Hall–Kier alpha value is -1.22. The SMILES string of the molecule is CNC(CCc1ccc2c(c1)OCCCO2)C1CC1. The minimum absolute atomic E-state index is 0.677. The molecule has 0 bridgehead atoms. The van der Waals surface area contributed by atoms with E-state index >= 15 is 0 Å². The zero-order chi connectivity index (χ0) is 13.1. The number of aryl methyl sites for hydroxylation is 1. The molecule has 1 saturated carbocycles. The standard InChI is InChI=1S/C16H23NO2/c1-17-14(13-5-6-13)7-3-12-4-8-15-16(11-12)19-10-2-9-18-15/h4,8,11,13-14,17H,2-3,5-7,9-10H2,1H3. The Morgan fingerprint density at radius 1 is 1.21 bits per heavy atom. The number of ether oxygens (including phenoxy) is 2. The first kappa shape index (κ1) is 12.8. The highest BCUT2D eigenvalue weighted by Gasteiger charge is 2.29. The van der Waals surface area contributed by atoms with Crippen LogP contribution < -0.4 is 14.8 Å². The predicted octanol–water partition coefficient (Wildman–Crippen LogP) is 2.78. The third kappa shape index (κ3) is 3.21. The zero-order valence-electron chi connectivity index (χ0n) is 11.7. The molecule has 3 nitrogen and oxygen atoms in total. The fourth-order valence-corrected chi connectivity index (χ4v) is 2.80. The van der Waals surface area contributed by atoms with Crippen LogP contribution in [0.1, 0.15) is 31.2 Å². The van der Waals surface area contributed by atoms with Crippen LogP contribution in [0.25, 0.3) is 0 Å². The number of nitrogens with one attached hydrogen (secondary N) is 1. The first-order valence-corrected chi connectivity index (χ1v) is 7.42. The van der Waals surface area contributed by atoms with Gasteiger partial charge in [-0.15, -0.1) is 0 Å². The number of rotatable bonds is 5. The van der Waals surface area contributed by atoms with Crippen molar-refractivity contribution in [3.63, 3.8) is 0 Å². The summed E-state index contributed by atoms with van der Waals surface area (Å²) in [5.74, 6) is 2.72. The van der Waals surface area contributed by atoms with E-state index in [4.69, 9.17) is 9.47 Å². The zero-order valence-corrected chi connectivity index (χ0v) is 11.7. The molecule has 1 aliphatic carbocycles. The Balaban J connectivity index is 1.62. The maximum atomic E-state index is 5.74. The molecule has 1 N–H and O–H groups in total. The molecule has 19 heavy (non-hydrogen) atoms. The number of benzene rings is 1. The van der Waals surface area contributed by atoms with Gasteiger partial charge in [0.05, 0.1) is 13.2 Å². The molecular weight excluding hydrogens is 238 g/mol. The van der Waals surface area contributed by atoms with Crippen LogP contribution in [0.5, 0.6) is 11.5 Å². The number of hydrogen-bond acceptors (Lipinski definition) is 3. The Labute approximate surface area is 115 Å². The van der Waals surface area contributed by atoms with Gasteiger partial charge >= 0.3 is 0 Å². The van der Waals surface area contributed by atoms with Crippen molar-refractivity contribution >= 4 is 0 Å². The van der Waals surface area contributed by atoms with Gasteiger partial charge < -0.3 is 14.8 Å². The summed E-state index contributed by atoms with van der Waals surface area (Å²) in [6, 6.07) is 7.06. The van der Waals surface area contributed by atoms with Crippen LogP contribution in [0.3, 0.4) is 0 Å². The van der Waals surface area contributed by atoms with Crippen LogP contribution in [0.4, 0.5) is 0 Å². The van der Waals surface area contributed by atoms with Gasteiger partial charge in [-0.25, -0.2) is 0 Å². The maximum absolute atomic E-state index is 5.74. The van der Waals surface area contributed by atoms with Crippen molar-refractivity contribution < 1.29 is 9.47 Å². The summed E-state index contributed by atoms with van der Waals surface area (Å²) in [7, 11) is 2.08. The molecule has 0 aromatic heterocycles. The normalized spacial score (nSPS) is 19.8. The van der Waals surface area contributed by atoms with E-state index in [2.05, 4.69) is 30.6 Å². The molecule has 0 saturated heterocycles. The fourth-order valence-electron chi connectivity index (χ4n) is 2.80. The average Bonchev–Trinajstić information content (AvgIpc) is 3.25. The topological polar surface area (TPSA) is 30.5 Å². The highest BCUT2D eigenvalue weighted by atomic mass is 16.5. The van der Waals surface area contributed by atoms with Gasteiger partial charge in [0.25, 0.3) is 0 Å². The molecule has 1 aromatic rings. The lowest BCUT2D eigenvalue weighted by Gasteiger charge is -2.15. The van der Waals surface area contributed by atoms with Crippen molar-refractivity contribution in [3.8, 4) is 11.5 Å². The van der Waals surface area contributed by atoms with Gasteiger partial charge in [0.1, 0.15) is 0 Å². The second-order valence-corrected chi connectivity index (χ2v) is 5.60. The molecular formula is C16H23NO2. The smallest absolute Gasteiger partial charge is 0.161 e. The molecule has 0 radical (unpaired) electrons. The van der Waals surface area contributed by atoms with Crippen LogP contribution in [0.2, 0.25) is 0 Å². The monoisotopic (exact) mass is 261 g/mol. The van der Waals surface area contributed by atoms with E-state index in [1.807, 2.05) is 0 Å². The van der Waals surface area contributed by atoms with E-state index in [0.717, 1.165) is 43.5 Å². The molecule has 1 fully saturated rings. The molecule has 1 unspecified atom stereocenters. The Morgan fingerprint density at radius 3 is 2.74 bits per heavy atom. The average molecular weight is 261 g/mol. The van der Waals surface area contributed by atoms with Gasteiger partial charge in [-0.05, 0) is 56.3 Å². The summed E-state index contributed by atoms with van der Waals surface area (Å²) in [5.41, 5.74) is 1.35. The first-order valence-electron chi connectivity index (χ1n) is 7.42. The van der Waals surface area contributed by atoms with Gasteiger partial charge in [-0.2, -0.15) is 0 Å². The summed E-state index contributed by atoms with van der Waals surface area (Å²) in [6.45, 7) is 1.52. The van der Waals surface area contributed by atoms with E-state index in [-0.39, 0.29) is 0 Å². The highest BCUT2D eigenvalue weighted by Crippen LogP contribution is 2.35. The van der Waals surface area contributed by atoms with E-state index in [1.54, 1.807) is 0 Å². The molecule has 2 aliphatic rings. The largest absolute Gasteiger partial charge is 0.490 e. The van der Waals surface area contributed by atoms with E-state index in [0.29, 0.717) is 6.04 Å². The van der Waals surface area contributed by atoms with Crippen LogP contribution >= 0.6 is 0 Å². The van der Waals surface area contributed by atoms with Crippen molar-refractivity contribution in [2.45, 2.75) is 38.1 Å². The minimum Gasteiger partial charge on any atom is -0.490 e. The molecule has 0 spiro atoms. The Bertz CT molecular complexity index is 429. The van der Waals surface area contributed by atoms with Crippen LogP contribution in [0.15, 0.2) is 18.2 Å². The van der Waals surface area contributed by atoms with Crippen LogP contribution in [-0.4, -0.2) is 26.3 Å². The molecule has 3 rings (SSSR count). The predicted molar refractivity (Wildman–Crippen MR) is 75.9 cm³/mol. The lowest BCUT2D eigenvalue weighted by molar-refractivity contribution is 0.297. The summed E-state index contributed by atoms with van der Waals surface area (Å²) < 4.78 is 11.4. The van der Waals surface area contributed by atoms with Crippen LogP contribution in [0, 0.1) is 5.92 Å². The van der Waals surface area contributed by atoms with E-state index in [1.165, 1.54) is 24.8 Å². The van der Waals surface area contributed by atoms with Gasteiger partial charge in [0.15, 0.2) is 11.5 Å². The number of fused-ring (bicyclic) bond motifs is 1. The summed E-state index contributed by atoms with van der Waals surface area (Å²) in [6.07, 6.45) is 6.08. The first-order chi connectivity index (χ1) is 9.36. The van der Waals surface area contributed by atoms with Gasteiger partial charge in [0, 0.05) is 12.5 Å². The highest BCUT2D eigenvalue weighted by molar-refractivity contribution is 5.43. The third-order valence-corrected chi connectivity index (χ3v) is 4.12. The van der Waals surface area contributed by atoms with Gasteiger partial charge in [-0.1, -0.05) is 6.07 Å². The maximum Gasteiger partial charge on any atom is 0.161 e. The Kier molecular flexibility index (Phi) is 3.92. The molecule has 104 valence electrons. The quantitative estimate of drug-likeness (QED) is 0.884. The lowest BCUT2D eigenvalue weighted by atomic mass is 10.0. The van der Waals surface area contributed by atoms with Crippen LogP contribution in [-0.2, 0) is 6.42 Å². The molecule has 0 amide bonds. The van der Waals surface area contributed by atoms with Crippen molar-refractivity contribution in [1.82, 2.24) is 5.32 Å². The van der Waals surface area contributed by atoms with Gasteiger partial charge in [-0.3, -0.25) is 0 Å². The molecule has 3 heteroatoms. The molecule has 1 atom stereocenters. The van der Waals surface area contributed by atoms with E-state index < -0.39 is 0 Å². The van der Waals surface area contributed by atoms with Crippen molar-refractivity contribution in [3.05, 3.63) is 23.8 Å². The second-order valence-electron chi connectivity index (χ2n) is 5.60. The second kappa shape index (κ2) is 5.83. The number of hydrogen-bond donors (Lipinski definition) is 1. The van der Waals surface area contributed by atoms with Crippen molar-refractivity contribution in [2.75, 3.05) is 20.3 Å². The fraction of sp³-hybridized carbons (Fsp3) is 0.625. The lowest BCUT2D eigenvalue weighted by Crippen LogP contribution is -2.27. The summed E-state index contributed by atoms with van der Waals surface area (Å²) in [5, 5.41) is 3.45. The summed E-state index contributed by atoms with van der Waals surface area (Å²) in [4.78, 5) is 0. The van der Waals surface area contributed by atoms with Gasteiger partial charge in [0.2, 0.25) is 0 Å². The molecule has 1 aliphatic heterocycles. The van der Waals surface area contributed by atoms with E-state index in [9.17, 15) is 0 Å². The molecule has 1 heterocycles. The van der Waals surface area contributed by atoms with Crippen molar-refractivity contribution in [2.24, 2.45) is 5.92 Å². The molecule has 1 aromatic carbocycles. The third-order valence-electron chi connectivity index (χ3n) is 4.12. The minimum atomic E-state index is 0.677.